The maximum Gasteiger partial charge on any atom is 0.306 e. The maximum atomic E-state index is 13.6. The molecule has 0 aliphatic heterocycles. The fourth-order valence-electron chi connectivity index (χ4n) is 5.83. The minimum absolute atomic E-state index is 0.0165. The average Bonchev–Trinajstić information content (AvgIpc) is 3.15. The molecule has 0 saturated heterocycles. The first-order valence-corrected chi connectivity index (χ1v) is 19.3. The van der Waals surface area contributed by atoms with Crippen molar-refractivity contribution in [2.45, 2.75) is 110 Å². The first-order valence-electron chi connectivity index (χ1n) is 19.3. The van der Waals surface area contributed by atoms with E-state index in [1.54, 1.807) is 60.9 Å². The van der Waals surface area contributed by atoms with E-state index < -0.39 is 34.6 Å². The molecular formula is C44H56N6O7. The third kappa shape index (κ3) is 15.3. The molecule has 0 aliphatic carbocycles. The van der Waals surface area contributed by atoms with E-state index in [2.05, 4.69) is 20.6 Å². The molecule has 0 unspecified atom stereocenters. The minimum atomic E-state index is -0.984. The lowest BCUT2D eigenvalue weighted by Crippen LogP contribution is -2.47. The Morgan fingerprint density at radius 3 is 1.67 bits per heavy atom. The van der Waals surface area contributed by atoms with Gasteiger partial charge in [0.2, 0.25) is 0 Å². The summed E-state index contributed by atoms with van der Waals surface area (Å²) in [6.45, 7) is 13.3. The first kappa shape index (κ1) is 43.9. The van der Waals surface area contributed by atoms with Crippen LogP contribution in [0.3, 0.4) is 0 Å². The maximum absolute atomic E-state index is 13.6. The van der Waals surface area contributed by atoms with Crippen molar-refractivity contribution in [1.29, 1.82) is 0 Å². The number of hydrogen-bond donors (Lipinski definition) is 3. The Labute approximate surface area is 335 Å². The number of hydrogen-bond acceptors (Lipinski definition) is 11. The number of pyridine rings is 3. The van der Waals surface area contributed by atoms with Gasteiger partial charge in [0.25, 0.3) is 11.8 Å². The van der Waals surface area contributed by atoms with Gasteiger partial charge in [-0.2, -0.15) is 0 Å². The van der Waals surface area contributed by atoms with Crippen LogP contribution in [0.5, 0.6) is 5.75 Å². The van der Waals surface area contributed by atoms with Crippen molar-refractivity contribution in [3.63, 3.8) is 0 Å². The third-order valence-electron chi connectivity index (χ3n) is 8.53. The molecule has 0 spiro atoms. The standard InChI is InChI=1S/C44H56N6O7/c1-42(2,3)56-38(51)17-19-44(7,20-18-39(52)57-43(4,5)6)50-41(54)31-25-30(26-32(45)27-31)40(53)48-23-11-8-14-24-55-33-28-36(34-15-9-12-21-46-34)49-37(29-33)35-16-10-13-22-47-35/h9-10,12-13,15-16,21-22,25-29H,8,11,14,17-20,23-24,45H2,1-7H3,(H,48,53)(H,50,54). The Balaban J connectivity index is 1.31. The topological polar surface area (TPSA) is 185 Å². The monoisotopic (exact) mass is 780 g/mol. The van der Waals surface area contributed by atoms with Crippen LogP contribution in [-0.4, -0.2) is 68.6 Å². The first-order chi connectivity index (χ1) is 26.9. The SMILES string of the molecule is CC(CCC(=O)OC(C)(C)C)(CCC(=O)OC(C)(C)C)NC(=O)c1cc(N)cc(C(=O)NCCCCCOc2cc(-c3ccccn3)nc(-c3ccccn3)c2)c1. The normalized spacial score (nSPS) is 11.7. The number of carbonyl (C=O) groups excluding carboxylic acids is 4. The molecule has 0 bridgehead atoms. The Morgan fingerprint density at radius 1 is 0.649 bits per heavy atom. The number of ether oxygens (including phenoxy) is 3. The van der Waals surface area contributed by atoms with E-state index in [0.717, 1.165) is 24.2 Å². The van der Waals surface area contributed by atoms with E-state index in [4.69, 9.17) is 24.9 Å². The summed E-state index contributed by atoms with van der Waals surface area (Å²) < 4.78 is 17.1. The van der Waals surface area contributed by atoms with Gasteiger partial charge in [-0.15, -0.1) is 0 Å². The Hall–Kier alpha value is -5.85. The number of nitrogen functional groups attached to an aromatic ring is 1. The molecule has 4 aromatic rings. The van der Waals surface area contributed by atoms with Crippen molar-refractivity contribution in [3.8, 4) is 28.5 Å². The summed E-state index contributed by atoms with van der Waals surface area (Å²) in [6.07, 6.45) is 6.13. The molecule has 2 amide bonds. The Kier molecular flexibility index (Phi) is 15.3. The summed E-state index contributed by atoms with van der Waals surface area (Å²) in [5, 5.41) is 5.89. The summed E-state index contributed by atoms with van der Waals surface area (Å²) in [7, 11) is 0. The second kappa shape index (κ2) is 19.8. The van der Waals surface area contributed by atoms with E-state index in [1.165, 1.54) is 18.2 Å². The molecule has 0 fully saturated rings. The summed E-state index contributed by atoms with van der Waals surface area (Å²) in [5.41, 5.74) is 7.30. The number of nitrogens with zero attached hydrogens (tertiary/aromatic N) is 3. The molecule has 304 valence electrons. The van der Waals surface area contributed by atoms with Crippen LogP contribution in [0.25, 0.3) is 22.8 Å². The minimum Gasteiger partial charge on any atom is -0.493 e. The molecular weight excluding hydrogens is 725 g/mol. The van der Waals surface area contributed by atoms with Crippen LogP contribution in [0.4, 0.5) is 5.69 Å². The van der Waals surface area contributed by atoms with Crippen LogP contribution < -0.4 is 21.1 Å². The second-order valence-electron chi connectivity index (χ2n) is 16.2. The van der Waals surface area contributed by atoms with E-state index in [-0.39, 0.29) is 48.4 Å². The van der Waals surface area contributed by atoms with Gasteiger partial charge in [0, 0.05) is 66.3 Å². The molecule has 13 heteroatoms. The van der Waals surface area contributed by atoms with Gasteiger partial charge in [-0.05, 0) is 123 Å². The molecule has 4 N–H and O–H groups in total. The van der Waals surface area contributed by atoms with Crippen LogP contribution in [-0.2, 0) is 19.1 Å². The number of benzene rings is 1. The number of esters is 2. The van der Waals surface area contributed by atoms with Gasteiger partial charge < -0.3 is 30.6 Å². The van der Waals surface area contributed by atoms with E-state index in [9.17, 15) is 19.2 Å². The zero-order valence-electron chi connectivity index (χ0n) is 34.1. The number of carbonyl (C=O) groups is 4. The molecule has 3 heterocycles. The third-order valence-corrected chi connectivity index (χ3v) is 8.53. The lowest BCUT2D eigenvalue weighted by molar-refractivity contribution is -0.155. The van der Waals surface area contributed by atoms with Crippen molar-refractivity contribution in [3.05, 3.63) is 90.3 Å². The van der Waals surface area contributed by atoms with E-state index >= 15 is 0 Å². The van der Waals surface area contributed by atoms with Crippen LogP contribution >= 0.6 is 0 Å². The summed E-state index contributed by atoms with van der Waals surface area (Å²) >= 11 is 0. The van der Waals surface area contributed by atoms with Crippen molar-refractivity contribution >= 4 is 29.4 Å². The van der Waals surface area contributed by atoms with Gasteiger partial charge in [-0.25, -0.2) is 4.98 Å². The predicted octanol–water partition coefficient (Wildman–Crippen LogP) is 7.50. The molecule has 4 rings (SSSR count). The predicted molar refractivity (Wildman–Crippen MR) is 219 cm³/mol. The number of unbranched alkanes of at least 4 members (excludes halogenated alkanes) is 2. The molecule has 0 radical (unpaired) electrons. The Bertz CT molecular complexity index is 1890. The molecule has 3 aromatic heterocycles. The quantitative estimate of drug-likeness (QED) is 0.0516. The van der Waals surface area contributed by atoms with Gasteiger partial charge in [0.15, 0.2) is 0 Å². The van der Waals surface area contributed by atoms with Gasteiger partial charge in [-0.3, -0.25) is 29.1 Å². The molecule has 13 nitrogen and oxygen atoms in total. The molecule has 0 atom stereocenters. The largest absolute Gasteiger partial charge is 0.493 e. The van der Waals surface area contributed by atoms with Crippen molar-refractivity contribution in [2.75, 3.05) is 18.9 Å². The van der Waals surface area contributed by atoms with E-state index in [0.29, 0.717) is 36.7 Å². The smallest absolute Gasteiger partial charge is 0.306 e. The molecule has 57 heavy (non-hydrogen) atoms. The summed E-state index contributed by atoms with van der Waals surface area (Å²) in [5.74, 6) is -1.05. The number of anilines is 1. The molecule has 0 aliphatic rings. The van der Waals surface area contributed by atoms with Crippen LogP contribution in [0.15, 0.2) is 79.1 Å². The zero-order valence-corrected chi connectivity index (χ0v) is 34.1. The average molecular weight is 781 g/mol. The van der Waals surface area contributed by atoms with Crippen LogP contribution in [0.1, 0.15) is 114 Å². The van der Waals surface area contributed by atoms with Crippen molar-refractivity contribution in [1.82, 2.24) is 25.6 Å². The van der Waals surface area contributed by atoms with Gasteiger partial charge in [0.1, 0.15) is 17.0 Å². The number of amides is 2. The number of nitrogens with one attached hydrogen (secondary N) is 2. The van der Waals surface area contributed by atoms with Crippen molar-refractivity contribution in [2.24, 2.45) is 0 Å². The molecule has 0 saturated carbocycles. The lowest BCUT2D eigenvalue weighted by atomic mass is 9.89. The van der Waals surface area contributed by atoms with Gasteiger partial charge in [-0.1, -0.05) is 12.1 Å². The Morgan fingerprint density at radius 2 is 1.18 bits per heavy atom. The summed E-state index contributed by atoms with van der Waals surface area (Å²) in [6, 6.07) is 19.5. The van der Waals surface area contributed by atoms with Gasteiger partial charge >= 0.3 is 11.9 Å². The fourth-order valence-corrected chi connectivity index (χ4v) is 5.83. The van der Waals surface area contributed by atoms with E-state index in [1.807, 2.05) is 48.5 Å². The summed E-state index contributed by atoms with van der Waals surface area (Å²) in [4.78, 5) is 65.6. The second-order valence-corrected chi connectivity index (χ2v) is 16.2. The highest BCUT2D eigenvalue weighted by Crippen LogP contribution is 2.27. The highest BCUT2D eigenvalue weighted by atomic mass is 16.6. The van der Waals surface area contributed by atoms with Crippen molar-refractivity contribution < 1.29 is 33.4 Å². The number of nitrogens with two attached hydrogens (primary N) is 1. The highest BCUT2D eigenvalue weighted by molar-refractivity contribution is 6.01. The van der Waals surface area contributed by atoms with Gasteiger partial charge in [0.05, 0.1) is 29.4 Å². The number of rotatable bonds is 18. The lowest BCUT2D eigenvalue weighted by Gasteiger charge is -2.32. The fraction of sp³-hybridized carbons (Fsp3) is 0.432. The highest BCUT2D eigenvalue weighted by Gasteiger charge is 2.31. The molecule has 1 aromatic carbocycles. The van der Waals surface area contributed by atoms with Crippen LogP contribution in [0.2, 0.25) is 0 Å². The van der Waals surface area contributed by atoms with Crippen LogP contribution in [0, 0.1) is 0 Å². The zero-order chi connectivity index (χ0) is 41.6. The number of aromatic nitrogens is 3.